The molecule has 1 aromatic carbocycles. The molecule has 0 unspecified atom stereocenters. The van der Waals surface area contributed by atoms with E-state index in [0.29, 0.717) is 12.3 Å². The van der Waals surface area contributed by atoms with Crippen molar-refractivity contribution in [3.63, 3.8) is 0 Å². The van der Waals surface area contributed by atoms with Crippen LogP contribution >= 0.6 is 0 Å². The van der Waals surface area contributed by atoms with Crippen molar-refractivity contribution in [2.75, 3.05) is 23.3 Å². The van der Waals surface area contributed by atoms with Crippen LogP contribution in [-0.4, -0.2) is 23.2 Å². The van der Waals surface area contributed by atoms with E-state index in [9.17, 15) is 5.11 Å². The predicted molar refractivity (Wildman–Crippen MR) is 85.9 cm³/mol. The third-order valence-corrected chi connectivity index (χ3v) is 3.90. The number of nitrogens with zero attached hydrogens (tertiary/aromatic N) is 2. The van der Waals surface area contributed by atoms with Crippen molar-refractivity contribution < 1.29 is 5.11 Å². The molecule has 3 rings (SSSR count). The SMILES string of the molecule is Cc1ccc(O)c(CNc2cccnc2N2CCCC2)c1. The van der Waals surface area contributed by atoms with Crippen molar-refractivity contribution in [2.24, 2.45) is 0 Å². The number of phenols is 1. The van der Waals surface area contributed by atoms with Crippen LogP contribution in [0.4, 0.5) is 11.5 Å². The lowest BCUT2D eigenvalue weighted by Gasteiger charge is -2.20. The van der Waals surface area contributed by atoms with Crippen molar-refractivity contribution in [3.05, 3.63) is 47.7 Å². The number of benzene rings is 1. The average Bonchev–Trinajstić information content (AvgIpc) is 3.03. The molecular weight excluding hydrogens is 262 g/mol. The normalized spacial score (nSPS) is 14.4. The lowest BCUT2D eigenvalue weighted by atomic mass is 10.1. The third-order valence-electron chi connectivity index (χ3n) is 3.90. The molecule has 0 saturated carbocycles. The molecule has 1 aliphatic rings. The highest BCUT2D eigenvalue weighted by atomic mass is 16.3. The molecule has 1 aliphatic heterocycles. The van der Waals surface area contributed by atoms with E-state index in [4.69, 9.17) is 0 Å². The number of phenolic OH excluding ortho intramolecular Hbond substituents is 1. The van der Waals surface area contributed by atoms with Gasteiger partial charge in [-0.25, -0.2) is 4.98 Å². The fourth-order valence-electron chi connectivity index (χ4n) is 2.76. The van der Waals surface area contributed by atoms with Gasteiger partial charge in [0.1, 0.15) is 5.75 Å². The third kappa shape index (κ3) is 3.10. The zero-order valence-corrected chi connectivity index (χ0v) is 12.3. The number of aromatic hydroxyl groups is 1. The summed E-state index contributed by atoms with van der Waals surface area (Å²) >= 11 is 0. The second-order valence-corrected chi connectivity index (χ2v) is 5.55. The zero-order chi connectivity index (χ0) is 14.7. The standard InChI is InChI=1S/C17H21N3O/c1-13-6-7-16(21)14(11-13)12-19-15-5-4-8-18-17(15)20-9-2-3-10-20/h4-8,11,19,21H,2-3,9-10,12H2,1H3. The first-order valence-corrected chi connectivity index (χ1v) is 7.46. The van der Waals surface area contributed by atoms with Crippen LogP contribution in [0.25, 0.3) is 0 Å². The quantitative estimate of drug-likeness (QED) is 0.904. The van der Waals surface area contributed by atoms with Gasteiger partial charge in [-0.3, -0.25) is 0 Å². The molecule has 110 valence electrons. The lowest BCUT2D eigenvalue weighted by Crippen LogP contribution is -2.20. The number of aryl methyl sites for hydroxylation is 1. The minimum atomic E-state index is 0.333. The van der Waals surface area contributed by atoms with Crippen LogP contribution in [0.3, 0.4) is 0 Å². The Labute approximate surface area is 125 Å². The van der Waals surface area contributed by atoms with Gasteiger partial charge >= 0.3 is 0 Å². The molecular formula is C17H21N3O. The maximum absolute atomic E-state index is 9.93. The first-order valence-electron chi connectivity index (χ1n) is 7.46. The van der Waals surface area contributed by atoms with Gasteiger partial charge < -0.3 is 15.3 Å². The maximum Gasteiger partial charge on any atom is 0.151 e. The van der Waals surface area contributed by atoms with Crippen molar-refractivity contribution >= 4 is 11.5 Å². The molecule has 0 atom stereocenters. The summed E-state index contributed by atoms with van der Waals surface area (Å²) in [6.07, 6.45) is 4.30. The van der Waals surface area contributed by atoms with Crippen LogP contribution < -0.4 is 10.2 Å². The largest absolute Gasteiger partial charge is 0.508 e. The molecule has 0 bridgehead atoms. The van der Waals surface area contributed by atoms with Crippen LogP contribution in [0.5, 0.6) is 5.75 Å². The predicted octanol–water partition coefficient (Wildman–Crippen LogP) is 3.31. The lowest BCUT2D eigenvalue weighted by molar-refractivity contribution is 0.469. The first-order chi connectivity index (χ1) is 10.2. The fraction of sp³-hybridized carbons (Fsp3) is 0.353. The highest BCUT2D eigenvalue weighted by Crippen LogP contribution is 2.27. The van der Waals surface area contributed by atoms with E-state index in [1.54, 1.807) is 6.07 Å². The molecule has 0 amide bonds. The Balaban J connectivity index is 1.77. The van der Waals surface area contributed by atoms with Crippen LogP contribution in [0, 0.1) is 6.92 Å². The maximum atomic E-state index is 9.93. The van der Waals surface area contributed by atoms with Gasteiger partial charge in [-0.1, -0.05) is 17.7 Å². The second-order valence-electron chi connectivity index (χ2n) is 5.55. The van der Waals surface area contributed by atoms with Crippen molar-refractivity contribution in [1.29, 1.82) is 0 Å². The Morgan fingerprint density at radius 3 is 2.86 bits per heavy atom. The van der Waals surface area contributed by atoms with E-state index in [2.05, 4.69) is 15.2 Å². The minimum absolute atomic E-state index is 0.333. The van der Waals surface area contributed by atoms with Gasteiger partial charge in [0.15, 0.2) is 5.82 Å². The van der Waals surface area contributed by atoms with Gasteiger partial charge in [-0.2, -0.15) is 0 Å². The Morgan fingerprint density at radius 2 is 2.05 bits per heavy atom. The van der Waals surface area contributed by atoms with Crippen molar-refractivity contribution in [1.82, 2.24) is 4.98 Å². The van der Waals surface area contributed by atoms with Gasteiger partial charge in [0, 0.05) is 31.4 Å². The summed E-state index contributed by atoms with van der Waals surface area (Å²) in [7, 11) is 0. The fourth-order valence-corrected chi connectivity index (χ4v) is 2.76. The molecule has 1 saturated heterocycles. The van der Waals surface area contributed by atoms with E-state index >= 15 is 0 Å². The summed E-state index contributed by atoms with van der Waals surface area (Å²) in [5, 5.41) is 13.3. The molecule has 21 heavy (non-hydrogen) atoms. The van der Waals surface area contributed by atoms with Gasteiger partial charge in [0.2, 0.25) is 0 Å². The summed E-state index contributed by atoms with van der Waals surface area (Å²) in [5.74, 6) is 1.35. The Bertz CT molecular complexity index is 621. The number of nitrogens with one attached hydrogen (secondary N) is 1. The van der Waals surface area contributed by atoms with E-state index in [-0.39, 0.29) is 0 Å². The number of hydrogen-bond acceptors (Lipinski definition) is 4. The Kier molecular flexibility index (Phi) is 3.95. The number of rotatable bonds is 4. The van der Waals surface area contributed by atoms with E-state index in [1.807, 2.05) is 37.4 Å². The van der Waals surface area contributed by atoms with Crippen LogP contribution in [-0.2, 0) is 6.54 Å². The Hall–Kier alpha value is -2.23. The van der Waals surface area contributed by atoms with Gasteiger partial charge in [0.25, 0.3) is 0 Å². The van der Waals surface area contributed by atoms with E-state index < -0.39 is 0 Å². The molecule has 0 spiro atoms. The van der Waals surface area contributed by atoms with Crippen LogP contribution in [0.1, 0.15) is 24.0 Å². The highest BCUT2D eigenvalue weighted by molar-refractivity contribution is 5.66. The van der Waals surface area contributed by atoms with Crippen LogP contribution in [0.15, 0.2) is 36.5 Å². The second kappa shape index (κ2) is 6.04. The summed E-state index contributed by atoms with van der Waals surface area (Å²) in [6, 6.07) is 9.66. The number of anilines is 2. The van der Waals surface area contributed by atoms with Crippen molar-refractivity contribution in [3.8, 4) is 5.75 Å². The zero-order valence-electron chi connectivity index (χ0n) is 12.3. The monoisotopic (exact) mass is 283 g/mol. The van der Waals surface area contributed by atoms with E-state index in [0.717, 1.165) is 35.7 Å². The number of hydrogen-bond donors (Lipinski definition) is 2. The minimum Gasteiger partial charge on any atom is -0.508 e. The molecule has 4 nitrogen and oxygen atoms in total. The molecule has 2 heterocycles. The van der Waals surface area contributed by atoms with E-state index in [1.165, 1.54) is 12.8 Å². The molecule has 0 aliphatic carbocycles. The first kappa shape index (κ1) is 13.7. The number of pyridine rings is 1. The average molecular weight is 283 g/mol. The molecule has 1 fully saturated rings. The van der Waals surface area contributed by atoms with Gasteiger partial charge in [-0.05, 0) is 38.0 Å². The summed E-state index contributed by atoms with van der Waals surface area (Å²) < 4.78 is 0. The van der Waals surface area contributed by atoms with Gasteiger partial charge in [-0.15, -0.1) is 0 Å². The number of aromatic nitrogens is 1. The summed E-state index contributed by atoms with van der Waals surface area (Å²) in [5.41, 5.74) is 3.09. The molecule has 2 N–H and O–H groups in total. The smallest absolute Gasteiger partial charge is 0.151 e. The summed E-state index contributed by atoms with van der Waals surface area (Å²) in [4.78, 5) is 6.83. The van der Waals surface area contributed by atoms with Crippen molar-refractivity contribution in [2.45, 2.75) is 26.3 Å². The highest BCUT2D eigenvalue weighted by Gasteiger charge is 2.16. The van der Waals surface area contributed by atoms with Gasteiger partial charge in [0.05, 0.1) is 5.69 Å². The van der Waals surface area contributed by atoms with Crippen LogP contribution in [0.2, 0.25) is 0 Å². The Morgan fingerprint density at radius 1 is 1.24 bits per heavy atom. The molecule has 2 aromatic rings. The summed E-state index contributed by atoms with van der Waals surface area (Å²) in [6.45, 7) is 4.77. The molecule has 4 heteroatoms. The molecule has 1 aromatic heterocycles. The topological polar surface area (TPSA) is 48.4 Å². The molecule has 0 radical (unpaired) electrons.